The van der Waals surface area contributed by atoms with Gasteiger partial charge in [0.25, 0.3) is 0 Å². The van der Waals surface area contributed by atoms with E-state index in [1.807, 2.05) is 19.2 Å². The fraction of sp³-hybridized carbons (Fsp3) is 0.400. The van der Waals surface area contributed by atoms with Crippen molar-refractivity contribution in [1.82, 2.24) is 10.3 Å². The predicted octanol–water partition coefficient (Wildman–Crippen LogP) is 2.04. The smallest absolute Gasteiger partial charge is 0.136 e. The molecule has 1 N–H and O–H groups in total. The molecular formula is C15H19N3O. The van der Waals surface area contributed by atoms with Crippen LogP contribution in [0, 0.1) is 0 Å². The summed E-state index contributed by atoms with van der Waals surface area (Å²) in [5, 5.41) is 5.76. The van der Waals surface area contributed by atoms with Gasteiger partial charge in [0.1, 0.15) is 11.6 Å². The number of pyridine rings is 1. The van der Waals surface area contributed by atoms with E-state index in [4.69, 9.17) is 4.74 Å². The van der Waals surface area contributed by atoms with Gasteiger partial charge in [-0.05, 0) is 30.5 Å². The second-order valence-corrected chi connectivity index (χ2v) is 4.69. The number of benzene rings is 1. The Kier molecular flexibility index (Phi) is 3.51. The lowest BCUT2D eigenvalue weighted by atomic mass is 10.1. The Balaban J connectivity index is 2.04. The van der Waals surface area contributed by atoms with Crippen LogP contribution in [0.15, 0.2) is 30.5 Å². The Hall–Kier alpha value is -1.81. The molecule has 3 rings (SSSR count). The van der Waals surface area contributed by atoms with Crippen LogP contribution in [0.25, 0.3) is 10.8 Å². The van der Waals surface area contributed by atoms with Gasteiger partial charge in [0.05, 0.1) is 6.61 Å². The van der Waals surface area contributed by atoms with Gasteiger partial charge in [-0.15, -0.1) is 0 Å². The average Bonchev–Trinajstić information content (AvgIpc) is 2.48. The first-order chi connectivity index (χ1) is 9.38. The minimum atomic E-state index is 0.689. The molecule has 1 aromatic carbocycles. The largest absolute Gasteiger partial charge is 0.494 e. The molecule has 0 amide bonds. The number of hydrogen-bond donors (Lipinski definition) is 1. The van der Waals surface area contributed by atoms with E-state index in [0.29, 0.717) is 6.61 Å². The van der Waals surface area contributed by atoms with Crippen LogP contribution < -0.4 is 15.0 Å². The highest BCUT2D eigenvalue weighted by Crippen LogP contribution is 2.28. The van der Waals surface area contributed by atoms with Gasteiger partial charge in [-0.1, -0.05) is 6.07 Å². The number of fused-ring (bicyclic) bond motifs is 1. The van der Waals surface area contributed by atoms with Crippen LogP contribution in [0.5, 0.6) is 5.75 Å². The molecule has 4 nitrogen and oxygen atoms in total. The second kappa shape index (κ2) is 5.45. The van der Waals surface area contributed by atoms with Crippen LogP contribution in [0.3, 0.4) is 0 Å². The third-order valence-corrected chi connectivity index (χ3v) is 3.44. The molecule has 2 heterocycles. The van der Waals surface area contributed by atoms with E-state index < -0.39 is 0 Å². The third-order valence-electron chi connectivity index (χ3n) is 3.44. The lowest BCUT2D eigenvalue weighted by Gasteiger charge is -2.29. The lowest BCUT2D eigenvalue weighted by Crippen LogP contribution is -2.43. The number of anilines is 1. The number of rotatable bonds is 3. The number of nitrogens with zero attached hydrogens (tertiary/aromatic N) is 2. The highest BCUT2D eigenvalue weighted by Gasteiger charge is 2.14. The molecule has 1 fully saturated rings. The van der Waals surface area contributed by atoms with E-state index in [9.17, 15) is 0 Å². The summed E-state index contributed by atoms with van der Waals surface area (Å²) in [4.78, 5) is 6.92. The molecule has 1 aliphatic rings. The van der Waals surface area contributed by atoms with Crippen molar-refractivity contribution >= 4 is 16.6 Å². The van der Waals surface area contributed by atoms with Gasteiger partial charge in [0.2, 0.25) is 0 Å². The zero-order valence-corrected chi connectivity index (χ0v) is 11.2. The molecule has 0 saturated carbocycles. The topological polar surface area (TPSA) is 37.4 Å². The maximum Gasteiger partial charge on any atom is 0.136 e. The maximum absolute atomic E-state index is 5.60. The highest BCUT2D eigenvalue weighted by molar-refractivity contribution is 5.93. The van der Waals surface area contributed by atoms with Gasteiger partial charge in [0, 0.05) is 37.8 Å². The van der Waals surface area contributed by atoms with Crippen LogP contribution in [0.2, 0.25) is 0 Å². The van der Waals surface area contributed by atoms with E-state index in [1.54, 1.807) is 0 Å². The Bertz CT molecular complexity index is 564. The molecule has 0 radical (unpaired) electrons. The van der Waals surface area contributed by atoms with Gasteiger partial charge < -0.3 is 15.0 Å². The Morgan fingerprint density at radius 2 is 2.11 bits per heavy atom. The summed E-state index contributed by atoms with van der Waals surface area (Å²) in [6.45, 7) is 6.74. The Morgan fingerprint density at radius 3 is 2.89 bits per heavy atom. The molecule has 19 heavy (non-hydrogen) atoms. The van der Waals surface area contributed by atoms with Crippen molar-refractivity contribution in [3.8, 4) is 5.75 Å². The molecule has 1 aromatic heterocycles. The molecule has 1 saturated heterocycles. The fourth-order valence-corrected chi connectivity index (χ4v) is 2.52. The minimum absolute atomic E-state index is 0.689. The summed E-state index contributed by atoms with van der Waals surface area (Å²) in [6, 6.07) is 8.28. The number of nitrogens with one attached hydrogen (secondary N) is 1. The lowest BCUT2D eigenvalue weighted by molar-refractivity contribution is 0.340. The van der Waals surface area contributed by atoms with Crippen molar-refractivity contribution in [2.75, 3.05) is 37.7 Å². The maximum atomic E-state index is 5.60. The van der Waals surface area contributed by atoms with E-state index >= 15 is 0 Å². The minimum Gasteiger partial charge on any atom is -0.494 e. The Morgan fingerprint density at radius 1 is 1.26 bits per heavy atom. The Labute approximate surface area is 113 Å². The number of ether oxygens (including phenoxy) is 1. The first kappa shape index (κ1) is 12.2. The van der Waals surface area contributed by atoms with Crippen LogP contribution in [0.4, 0.5) is 5.82 Å². The van der Waals surface area contributed by atoms with Crippen molar-refractivity contribution in [3.05, 3.63) is 30.5 Å². The summed E-state index contributed by atoms with van der Waals surface area (Å²) in [7, 11) is 0. The molecule has 0 aliphatic carbocycles. The monoisotopic (exact) mass is 257 g/mol. The summed E-state index contributed by atoms with van der Waals surface area (Å²) < 4.78 is 5.60. The van der Waals surface area contributed by atoms with Crippen LogP contribution in [-0.4, -0.2) is 37.8 Å². The van der Waals surface area contributed by atoms with Gasteiger partial charge in [-0.25, -0.2) is 4.98 Å². The summed E-state index contributed by atoms with van der Waals surface area (Å²) in [6.07, 6.45) is 1.89. The average molecular weight is 257 g/mol. The summed E-state index contributed by atoms with van der Waals surface area (Å²) >= 11 is 0. The van der Waals surface area contributed by atoms with Crippen molar-refractivity contribution in [1.29, 1.82) is 0 Å². The molecule has 4 heteroatoms. The third kappa shape index (κ3) is 2.49. The van der Waals surface area contributed by atoms with Gasteiger partial charge in [-0.3, -0.25) is 0 Å². The molecular weight excluding hydrogens is 238 g/mol. The molecule has 0 atom stereocenters. The SMILES string of the molecule is CCOc1ccc2ccnc(N3CCNCC3)c2c1. The number of aromatic nitrogens is 1. The zero-order chi connectivity index (χ0) is 13.1. The molecule has 2 aromatic rings. The van der Waals surface area contributed by atoms with Gasteiger partial charge in [-0.2, -0.15) is 0 Å². The number of hydrogen-bond acceptors (Lipinski definition) is 4. The molecule has 0 spiro atoms. The van der Waals surface area contributed by atoms with Crippen molar-refractivity contribution < 1.29 is 4.74 Å². The first-order valence-corrected chi connectivity index (χ1v) is 6.85. The normalized spacial score (nSPS) is 15.7. The van der Waals surface area contributed by atoms with Gasteiger partial charge in [0.15, 0.2) is 0 Å². The standard InChI is InChI=1S/C15H19N3O/c1-2-19-13-4-3-12-5-6-17-15(14(12)11-13)18-9-7-16-8-10-18/h3-6,11,16H,2,7-10H2,1H3. The summed E-state index contributed by atoms with van der Waals surface area (Å²) in [5.41, 5.74) is 0. The molecule has 1 aliphatic heterocycles. The van der Waals surface area contributed by atoms with Crippen molar-refractivity contribution in [2.24, 2.45) is 0 Å². The molecule has 0 bridgehead atoms. The zero-order valence-electron chi connectivity index (χ0n) is 11.2. The number of piperazine rings is 1. The van der Waals surface area contributed by atoms with Crippen LogP contribution in [-0.2, 0) is 0 Å². The second-order valence-electron chi connectivity index (χ2n) is 4.69. The van der Waals surface area contributed by atoms with E-state index in [-0.39, 0.29) is 0 Å². The molecule has 100 valence electrons. The molecule has 0 unspecified atom stereocenters. The quantitative estimate of drug-likeness (QED) is 0.913. The fourth-order valence-electron chi connectivity index (χ4n) is 2.52. The van der Waals surface area contributed by atoms with Crippen molar-refractivity contribution in [2.45, 2.75) is 6.92 Å². The van der Waals surface area contributed by atoms with Crippen molar-refractivity contribution in [3.63, 3.8) is 0 Å². The van der Waals surface area contributed by atoms with E-state index in [2.05, 4.69) is 33.4 Å². The van der Waals surface area contributed by atoms with Crippen LogP contribution >= 0.6 is 0 Å². The first-order valence-electron chi connectivity index (χ1n) is 6.85. The summed E-state index contributed by atoms with van der Waals surface area (Å²) in [5.74, 6) is 1.99. The van der Waals surface area contributed by atoms with E-state index in [0.717, 1.165) is 37.7 Å². The van der Waals surface area contributed by atoms with Crippen LogP contribution in [0.1, 0.15) is 6.92 Å². The van der Waals surface area contributed by atoms with E-state index in [1.165, 1.54) is 10.8 Å². The van der Waals surface area contributed by atoms with Gasteiger partial charge >= 0.3 is 0 Å². The predicted molar refractivity (Wildman–Crippen MR) is 78.0 cm³/mol. The highest BCUT2D eigenvalue weighted by atomic mass is 16.5.